The van der Waals surface area contributed by atoms with Crippen LogP contribution in [0.1, 0.15) is 28.8 Å². The molecule has 3 heteroatoms. The normalized spacial score (nSPS) is 19.5. The van der Waals surface area contributed by atoms with Crippen LogP contribution < -0.4 is 5.32 Å². The van der Waals surface area contributed by atoms with Gasteiger partial charge in [-0.05, 0) is 54.7 Å². The molecule has 0 radical (unpaired) electrons. The molecule has 1 aliphatic carbocycles. The monoisotopic (exact) mass is 333 g/mol. The van der Waals surface area contributed by atoms with E-state index >= 15 is 0 Å². The number of fused-ring (bicyclic) bond motifs is 2. The fraction of sp³-hybridized carbons (Fsp3) is 0.375. The van der Waals surface area contributed by atoms with Crippen molar-refractivity contribution in [2.75, 3.05) is 6.54 Å². The second-order valence-corrected chi connectivity index (χ2v) is 7.79. The Morgan fingerprint density at radius 3 is 2.84 bits per heavy atom. The summed E-state index contributed by atoms with van der Waals surface area (Å²) in [5, 5.41) is 3.58. The second-order valence-electron chi connectivity index (χ2n) is 5.80. The standard InChI is InChI=1S/C16H16BrNS/c1-10-6-11(2-3-13(10)17)14-7-12-15(19-14)8-18-9-16(12)4-5-16/h2-3,6-7,18H,4-5,8-9H2,1H3. The molecule has 1 aromatic heterocycles. The predicted molar refractivity (Wildman–Crippen MR) is 84.8 cm³/mol. The molecule has 1 aliphatic heterocycles. The summed E-state index contributed by atoms with van der Waals surface area (Å²) in [7, 11) is 0. The van der Waals surface area contributed by atoms with Crippen molar-refractivity contribution in [3.63, 3.8) is 0 Å². The number of halogens is 1. The van der Waals surface area contributed by atoms with Crippen molar-refractivity contribution < 1.29 is 0 Å². The average Bonchev–Trinajstić information content (AvgIpc) is 3.01. The van der Waals surface area contributed by atoms with Gasteiger partial charge in [0.15, 0.2) is 0 Å². The van der Waals surface area contributed by atoms with Crippen molar-refractivity contribution in [3.8, 4) is 10.4 Å². The molecule has 0 saturated heterocycles. The minimum Gasteiger partial charge on any atom is -0.311 e. The number of thiophene rings is 1. The molecule has 19 heavy (non-hydrogen) atoms. The minimum absolute atomic E-state index is 0.493. The first-order valence-corrected chi connectivity index (χ1v) is 8.39. The van der Waals surface area contributed by atoms with Crippen molar-refractivity contribution in [1.29, 1.82) is 0 Å². The predicted octanol–water partition coefficient (Wildman–Crippen LogP) is 4.62. The molecule has 1 aromatic carbocycles. The first kappa shape index (κ1) is 12.1. The van der Waals surface area contributed by atoms with Gasteiger partial charge in [-0.1, -0.05) is 22.0 Å². The van der Waals surface area contributed by atoms with Gasteiger partial charge in [0.2, 0.25) is 0 Å². The molecule has 1 saturated carbocycles. The fourth-order valence-corrected chi connectivity index (χ4v) is 4.55. The fourth-order valence-electron chi connectivity index (χ4n) is 3.06. The summed E-state index contributed by atoms with van der Waals surface area (Å²) >= 11 is 5.55. The molecule has 2 heterocycles. The third-order valence-corrected chi connectivity index (χ3v) is 6.50. The quantitative estimate of drug-likeness (QED) is 0.802. The van der Waals surface area contributed by atoms with E-state index in [4.69, 9.17) is 0 Å². The Bertz CT molecular complexity index is 655. The van der Waals surface area contributed by atoms with Crippen molar-refractivity contribution >= 4 is 27.3 Å². The summed E-state index contributed by atoms with van der Waals surface area (Å²) in [5.41, 5.74) is 4.79. The van der Waals surface area contributed by atoms with Crippen LogP contribution >= 0.6 is 27.3 Å². The maximum Gasteiger partial charge on any atom is 0.0349 e. The number of nitrogens with one attached hydrogen (secondary N) is 1. The molecule has 1 N–H and O–H groups in total. The highest BCUT2D eigenvalue weighted by Crippen LogP contribution is 2.53. The highest BCUT2D eigenvalue weighted by molar-refractivity contribution is 9.10. The third-order valence-electron chi connectivity index (χ3n) is 4.43. The lowest BCUT2D eigenvalue weighted by atomic mass is 9.93. The zero-order valence-corrected chi connectivity index (χ0v) is 13.3. The van der Waals surface area contributed by atoms with E-state index in [9.17, 15) is 0 Å². The molecular weight excluding hydrogens is 318 g/mol. The topological polar surface area (TPSA) is 12.0 Å². The lowest BCUT2D eigenvalue weighted by Crippen LogP contribution is -2.31. The van der Waals surface area contributed by atoms with E-state index < -0.39 is 0 Å². The van der Waals surface area contributed by atoms with E-state index in [0.29, 0.717) is 5.41 Å². The first-order chi connectivity index (χ1) is 9.18. The van der Waals surface area contributed by atoms with Crippen LogP contribution in [0.25, 0.3) is 10.4 Å². The van der Waals surface area contributed by atoms with Crippen molar-refractivity contribution in [1.82, 2.24) is 5.32 Å². The van der Waals surface area contributed by atoms with Gasteiger partial charge in [0.05, 0.1) is 0 Å². The second kappa shape index (κ2) is 4.18. The summed E-state index contributed by atoms with van der Waals surface area (Å²) in [6.45, 7) is 4.39. The molecule has 1 fully saturated rings. The Morgan fingerprint density at radius 1 is 1.26 bits per heavy atom. The highest BCUT2D eigenvalue weighted by Gasteiger charge is 2.47. The smallest absolute Gasteiger partial charge is 0.0349 e. The third kappa shape index (κ3) is 1.91. The van der Waals surface area contributed by atoms with Crippen LogP contribution in [0.2, 0.25) is 0 Å². The molecular formula is C16H16BrNS. The molecule has 1 nitrogen and oxygen atoms in total. The summed E-state index contributed by atoms with van der Waals surface area (Å²) in [4.78, 5) is 2.98. The van der Waals surface area contributed by atoms with Crippen molar-refractivity contribution in [2.24, 2.45) is 0 Å². The molecule has 4 rings (SSSR count). The Morgan fingerprint density at radius 2 is 2.11 bits per heavy atom. The van der Waals surface area contributed by atoms with E-state index in [-0.39, 0.29) is 0 Å². The van der Waals surface area contributed by atoms with E-state index in [1.54, 1.807) is 10.4 Å². The molecule has 98 valence electrons. The van der Waals surface area contributed by atoms with Gasteiger partial charge in [0.1, 0.15) is 0 Å². The summed E-state index contributed by atoms with van der Waals surface area (Å²) in [6, 6.07) is 9.13. The number of benzene rings is 1. The molecule has 0 bridgehead atoms. The maximum atomic E-state index is 3.58. The van der Waals surface area contributed by atoms with Gasteiger partial charge in [-0.3, -0.25) is 0 Å². The Kier molecular flexibility index (Phi) is 2.66. The molecule has 0 atom stereocenters. The van der Waals surface area contributed by atoms with Gasteiger partial charge in [-0.15, -0.1) is 11.3 Å². The van der Waals surface area contributed by atoms with Crippen LogP contribution in [-0.4, -0.2) is 6.54 Å². The minimum atomic E-state index is 0.493. The maximum absolute atomic E-state index is 3.58. The lowest BCUT2D eigenvalue weighted by Gasteiger charge is -2.22. The van der Waals surface area contributed by atoms with Gasteiger partial charge < -0.3 is 5.32 Å². The Labute approximate surface area is 126 Å². The SMILES string of the molecule is Cc1cc(-c2cc3c(s2)CNCC32CC2)ccc1Br. The van der Waals surface area contributed by atoms with Crippen LogP contribution in [0.3, 0.4) is 0 Å². The van der Waals surface area contributed by atoms with E-state index in [2.05, 4.69) is 52.4 Å². The summed E-state index contributed by atoms with van der Waals surface area (Å²) < 4.78 is 1.19. The van der Waals surface area contributed by atoms with E-state index in [0.717, 1.165) is 6.54 Å². The van der Waals surface area contributed by atoms with Crippen LogP contribution in [0.4, 0.5) is 0 Å². The number of rotatable bonds is 1. The average molecular weight is 334 g/mol. The van der Waals surface area contributed by atoms with Crippen LogP contribution in [0, 0.1) is 6.92 Å². The highest BCUT2D eigenvalue weighted by atomic mass is 79.9. The van der Waals surface area contributed by atoms with Crippen molar-refractivity contribution in [2.45, 2.75) is 31.7 Å². The van der Waals surface area contributed by atoms with Crippen molar-refractivity contribution in [3.05, 3.63) is 44.7 Å². The lowest BCUT2D eigenvalue weighted by molar-refractivity contribution is 0.539. The zero-order chi connectivity index (χ0) is 13.0. The van der Waals surface area contributed by atoms with Gasteiger partial charge in [0, 0.05) is 32.7 Å². The van der Waals surface area contributed by atoms with Gasteiger partial charge in [0.25, 0.3) is 0 Å². The number of aryl methyl sites for hydroxylation is 1. The van der Waals surface area contributed by atoms with Gasteiger partial charge in [-0.2, -0.15) is 0 Å². The van der Waals surface area contributed by atoms with Crippen LogP contribution in [0.15, 0.2) is 28.7 Å². The molecule has 0 unspecified atom stereocenters. The summed E-state index contributed by atoms with van der Waals surface area (Å²) in [5.74, 6) is 0. The Hall–Kier alpha value is -0.640. The summed E-state index contributed by atoms with van der Waals surface area (Å²) in [6.07, 6.45) is 2.73. The molecule has 2 aliphatic rings. The van der Waals surface area contributed by atoms with Gasteiger partial charge >= 0.3 is 0 Å². The van der Waals surface area contributed by atoms with Crippen LogP contribution in [0.5, 0.6) is 0 Å². The zero-order valence-electron chi connectivity index (χ0n) is 10.9. The molecule has 1 spiro atoms. The van der Waals surface area contributed by atoms with Crippen LogP contribution in [-0.2, 0) is 12.0 Å². The molecule has 2 aromatic rings. The van der Waals surface area contributed by atoms with Gasteiger partial charge in [-0.25, -0.2) is 0 Å². The van der Waals surface area contributed by atoms with E-state index in [1.165, 1.54) is 39.9 Å². The number of hydrogen-bond donors (Lipinski definition) is 1. The molecule has 0 amide bonds. The van der Waals surface area contributed by atoms with E-state index in [1.807, 2.05) is 11.3 Å². The Balaban J connectivity index is 1.80. The first-order valence-electron chi connectivity index (χ1n) is 6.78. The largest absolute Gasteiger partial charge is 0.311 e. The number of hydrogen-bond acceptors (Lipinski definition) is 2.